The lowest BCUT2D eigenvalue weighted by atomic mass is 9.92. The van der Waals surface area contributed by atoms with Gasteiger partial charge in [-0.3, -0.25) is 9.48 Å². The molecule has 3 aromatic rings. The van der Waals surface area contributed by atoms with Crippen LogP contribution in [0, 0.1) is 5.82 Å². The van der Waals surface area contributed by atoms with Gasteiger partial charge in [0, 0.05) is 5.41 Å². The number of rotatable bonds is 5. The lowest BCUT2D eigenvalue weighted by molar-refractivity contribution is -0.138. The third-order valence-electron chi connectivity index (χ3n) is 4.75. The fourth-order valence-corrected chi connectivity index (χ4v) is 4.03. The van der Waals surface area contributed by atoms with Crippen molar-refractivity contribution < 1.29 is 30.8 Å². The summed E-state index contributed by atoms with van der Waals surface area (Å²) < 4.78 is 82.0. The highest BCUT2D eigenvalue weighted by Gasteiger charge is 2.34. The first-order valence-corrected chi connectivity index (χ1v) is 11.2. The standard InChI is InChI=1S/C22H21F4N3O3S/c1-21(2,3)19-12-18(20(30)28-33(31,32)16-7-5-4-6-8-16)29(27-19)13-14-11-15(23)9-10-17(14)22(24,25)26/h4-12H,13H2,1-3H3,(H,28,30). The van der Waals surface area contributed by atoms with Gasteiger partial charge in [-0.15, -0.1) is 0 Å². The van der Waals surface area contributed by atoms with Gasteiger partial charge in [-0.1, -0.05) is 39.0 Å². The number of carbonyl (C=O) groups is 1. The van der Waals surface area contributed by atoms with E-state index >= 15 is 0 Å². The minimum Gasteiger partial charge on any atom is -0.266 e. The van der Waals surface area contributed by atoms with Crippen LogP contribution in [0.2, 0.25) is 0 Å². The van der Waals surface area contributed by atoms with E-state index in [2.05, 4.69) is 5.10 Å². The Labute approximate surface area is 188 Å². The van der Waals surface area contributed by atoms with E-state index in [9.17, 15) is 30.8 Å². The van der Waals surface area contributed by atoms with Crippen molar-refractivity contribution >= 4 is 15.9 Å². The lowest BCUT2D eigenvalue weighted by Gasteiger charge is -2.15. The zero-order chi connectivity index (χ0) is 24.6. The highest BCUT2D eigenvalue weighted by atomic mass is 32.2. The zero-order valence-corrected chi connectivity index (χ0v) is 18.8. The smallest absolute Gasteiger partial charge is 0.266 e. The van der Waals surface area contributed by atoms with Gasteiger partial charge in [0.05, 0.1) is 22.7 Å². The van der Waals surface area contributed by atoms with Crippen molar-refractivity contribution in [2.24, 2.45) is 0 Å². The predicted octanol–water partition coefficient (Wildman–Crippen LogP) is 4.51. The number of carbonyl (C=O) groups excluding carboxylic acids is 1. The molecule has 1 heterocycles. The van der Waals surface area contributed by atoms with E-state index in [-0.39, 0.29) is 10.6 Å². The highest BCUT2D eigenvalue weighted by Crippen LogP contribution is 2.33. The monoisotopic (exact) mass is 483 g/mol. The van der Waals surface area contributed by atoms with Crippen LogP contribution in [0.15, 0.2) is 59.5 Å². The average Bonchev–Trinajstić information content (AvgIpc) is 3.12. The average molecular weight is 483 g/mol. The summed E-state index contributed by atoms with van der Waals surface area (Å²) in [6.07, 6.45) is -4.76. The van der Waals surface area contributed by atoms with Crippen molar-refractivity contribution in [1.29, 1.82) is 0 Å². The minimum atomic E-state index is -4.76. The Morgan fingerprint density at radius 3 is 2.24 bits per heavy atom. The van der Waals surface area contributed by atoms with Crippen molar-refractivity contribution in [3.63, 3.8) is 0 Å². The van der Waals surface area contributed by atoms with Crippen molar-refractivity contribution in [2.45, 2.75) is 43.8 Å². The van der Waals surface area contributed by atoms with E-state index in [4.69, 9.17) is 0 Å². The third-order valence-corrected chi connectivity index (χ3v) is 6.10. The summed E-state index contributed by atoms with van der Waals surface area (Å²) in [5, 5.41) is 4.22. The molecule has 0 atom stereocenters. The van der Waals surface area contributed by atoms with Gasteiger partial charge in [-0.05, 0) is 42.0 Å². The Bertz CT molecular complexity index is 1280. The Morgan fingerprint density at radius 2 is 1.67 bits per heavy atom. The summed E-state index contributed by atoms with van der Waals surface area (Å²) in [5.74, 6) is -1.97. The first-order valence-electron chi connectivity index (χ1n) is 9.74. The van der Waals surface area contributed by atoms with E-state index in [1.807, 2.05) is 4.72 Å². The molecule has 0 fully saturated rings. The summed E-state index contributed by atoms with van der Waals surface area (Å²) in [7, 11) is -4.24. The van der Waals surface area contributed by atoms with Crippen LogP contribution in [0.3, 0.4) is 0 Å². The fourth-order valence-electron chi connectivity index (χ4n) is 3.05. The van der Waals surface area contributed by atoms with Crippen molar-refractivity contribution in [3.05, 3.63) is 82.9 Å². The largest absolute Gasteiger partial charge is 0.416 e. The first-order chi connectivity index (χ1) is 15.2. The number of sulfonamides is 1. The van der Waals surface area contributed by atoms with Crippen LogP contribution in [0.4, 0.5) is 17.6 Å². The number of amides is 1. The Balaban J connectivity index is 2.05. The van der Waals surface area contributed by atoms with Gasteiger partial charge in [-0.2, -0.15) is 18.3 Å². The molecule has 11 heteroatoms. The number of halogens is 4. The van der Waals surface area contributed by atoms with Crippen LogP contribution >= 0.6 is 0 Å². The van der Waals surface area contributed by atoms with Crippen LogP contribution < -0.4 is 4.72 Å². The Morgan fingerprint density at radius 1 is 1.03 bits per heavy atom. The third kappa shape index (κ3) is 5.59. The topological polar surface area (TPSA) is 81.1 Å². The second kappa shape index (κ2) is 8.62. The van der Waals surface area contributed by atoms with E-state index in [1.165, 1.54) is 30.3 Å². The molecule has 6 nitrogen and oxygen atoms in total. The van der Waals surface area contributed by atoms with E-state index in [0.29, 0.717) is 23.9 Å². The molecule has 0 aliphatic heterocycles. The number of nitrogens with one attached hydrogen (secondary N) is 1. The van der Waals surface area contributed by atoms with E-state index in [1.54, 1.807) is 26.8 Å². The van der Waals surface area contributed by atoms with Crippen molar-refractivity contribution in [2.75, 3.05) is 0 Å². The molecule has 1 N–H and O–H groups in total. The Kier molecular flexibility index (Phi) is 6.38. The predicted molar refractivity (Wildman–Crippen MR) is 113 cm³/mol. The van der Waals surface area contributed by atoms with E-state index < -0.39 is 51.0 Å². The summed E-state index contributed by atoms with van der Waals surface area (Å²) >= 11 is 0. The second-order valence-corrected chi connectivity index (χ2v) is 10.1. The number of nitrogens with zero attached hydrogens (tertiary/aromatic N) is 2. The molecule has 0 saturated carbocycles. The maximum atomic E-state index is 13.7. The molecule has 0 unspecified atom stereocenters. The number of benzene rings is 2. The van der Waals surface area contributed by atoms with Gasteiger partial charge in [0.1, 0.15) is 11.5 Å². The summed E-state index contributed by atoms with van der Waals surface area (Å²) in [4.78, 5) is 12.7. The van der Waals surface area contributed by atoms with Crippen LogP contribution in [0.1, 0.15) is 48.1 Å². The van der Waals surface area contributed by atoms with Gasteiger partial charge < -0.3 is 0 Å². The molecule has 33 heavy (non-hydrogen) atoms. The number of aromatic nitrogens is 2. The SMILES string of the molecule is CC(C)(C)c1cc(C(=O)NS(=O)(=O)c2ccccc2)n(Cc2cc(F)ccc2C(F)(F)F)n1. The fraction of sp³-hybridized carbons (Fsp3) is 0.273. The van der Waals surface area contributed by atoms with Crippen LogP contribution in [0.25, 0.3) is 0 Å². The van der Waals surface area contributed by atoms with Crippen molar-refractivity contribution in [1.82, 2.24) is 14.5 Å². The number of hydrogen-bond acceptors (Lipinski definition) is 4. The molecule has 3 rings (SSSR count). The second-order valence-electron chi connectivity index (χ2n) is 8.37. The molecule has 0 aliphatic carbocycles. The zero-order valence-electron chi connectivity index (χ0n) is 17.9. The molecule has 0 radical (unpaired) electrons. The highest BCUT2D eigenvalue weighted by molar-refractivity contribution is 7.90. The minimum absolute atomic E-state index is 0.162. The van der Waals surface area contributed by atoms with Gasteiger partial charge >= 0.3 is 6.18 Å². The van der Waals surface area contributed by atoms with Gasteiger partial charge in [0.2, 0.25) is 0 Å². The molecule has 0 aliphatic rings. The number of hydrogen-bond donors (Lipinski definition) is 1. The van der Waals surface area contributed by atoms with Crippen molar-refractivity contribution in [3.8, 4) is 0 Å². The molecule has 176 valence electrons. The van der Waals surface area contributed by atoms with Crippen LogP contribution in [0.5, 0.6) is 0 Å². The Hall–Kier alpha value is -3.21. The molecular formula is C22H21F4N3O3S. The first kappa shape index (κ1) is 24.4. The van der Waals surface area contributed by atoms with Crippen LogP contribution in [-0.4, -0.2) is 24.1 Å². The molecule has 0 spiro atoms. The maximum Gasteiger partial charge on any atom is 0.416 e. The maximum absolute atomic E-state index is 13.7. The number of alkyl halides is 3. The molecular weight excluding hydrogens is 462 g/mol. The summed E-state index contributed by atoms with van der Waals surface area (Å²) in [6, 6.07) is 10.4. The van der Waals surface area contributed by atoms with Gasteiger partial charge in [0.25, 0.3) is 15.9 Å². The lowest BCUT2D eigenvalue weighted by Crippen LogP contribution is -2.32. The van der Waals surface area contributed by atoms with Gasteiger partial charge in [0.15, 0.2) is 0 Å². The summed E-state index contributed by atoms with van der Waals surface area (Å²) in [6.45, 7) is 4.71. The normalized spacial score (nSPS) is 12.6. The van der Waals surface area contributed by atoms with Gasteiger partial charge in [-0.25, -0.2) is 17.5 Å². The quantitative estimate of drug-likeness (QED) is 0.542. The molecule has 1 amide bonds. The summed E-state index contributed by atoms with van der Waals surface area (Å²) in [5.41, 5.74) is -2.08. The molecule has 1 aromatic heterocycles. The van der Waals surface area contributed by atoms with Crippen LogP contribution in [-0.2, 0) is 28.2 Å². The molecule has 0 saturated heterocycles. The molecule has 2 aromatic carbocycles. The van der Waals surface area contributed by atoms with E-state index in [0.717, 1.165) is 4.68 Å². The molecule has 0 bridgehead atoms.